The Labute approximate surface area is 204 Å². The molecule has 1 aliphatic rings. The normalized spacial score (nSPS) is 15.3. The van der Waals surface area contributed by atoms with Crippen molar-refractivity contribution in [3.63, 3.8) is 0 Å². The molecule has 0 radical (unpaired) electrons. The van der Waals surface area contributed by atoms with Crippen LogP contribution in [-0.4, -0.2) is 5.78 Å². The van der Waals surface area contributed by atoms with Crippen molar-refractivity contribution in [2.45, 2.75) is 70.8 Å². The third-order valence-corrected chi connectivity index (χ3v) is 7.02. The second-order valence-electron chi connectivity index (χ2n) is 10.0. The van der Waals surface area contributed by atoms with Crippen LogP contribution in [0.2, 0.25) is 0 Å². The molecule has 0 N–H and O–H groups in total. The highest BCUT2D eigenvalue weighted by atomic mass is 16.5. The Kier molecular flexibility index (Phi) is 7.67. The average molecular weight is 453 g/mol. The number of rotatable bonds is 10. The van der Waals surface area contributed by atoms with E-state index in [2.05, 4.69) is 63.2 Å². The predicted octanol–water partition coefficient (Wildman–Crippen LogP) is 8.24. The van der Waals surface area contributed by atoms with Crippen LogP contribution < -0.4 is 4.74 Å². The third kappa shape index (κ3) is 5.50. The summed E-state index contributed by atoms with van der Waals surface area (Å²) in [5.74, 6) is 0.579. The molecule has 1 atom stereocenters. The van der Waals surface area contributed by atoms with E-state index >= 15 is 0 Å². The van der Waals surface area contributed by atoms with Gasteiger partial charge in [0.25, 0.3) is 0 Å². The minimum absolute atomic E-state index is 0.0471. The number of benzene rings is 3. The third-order valence-electron chi connectivity index (χ3n) is 7.02. The second kappa shape index (κ2) is 10.9. The van der Waals surface area contributed by atoms with Gasteiger partial charge in [-0.2, -0.15) is 0 Å². The molecule has 0 bridgehead atoms. The lowest BCUT2D eigenvalue weighted by molar-refractivity contribution is -0.115. The zero-order chi connectivity index (χ0) is 24.0. The van der Waals surface area contributed by atoms with Gasteiger partial charge in [-0.05, 0) is 46.2 Å². The van der Waals surface area contributed by atoms with Crippen molar-refractivity contribution < 1.29 is 9.53 Å². The molecule has 0 heterocycles. The molecule has 1 unspecified atom stereocenters. The van der Waals surface area contributed by atoms with Crippen LogP contribution in [0.25, 0.3) is 6.08 Å². The van der Waals surface area contributed by atoms with Gasteiger partial charge in [0.05, 0.1) is 5.92 Å². The summed E-state index contributed by atoms with van der Waals surface area (Å²) in [6.45, 7) is 7.37. The van der Waals surface area contributed by atoms with E-state index < -0.39 is 0 Å². The van der Waals surface area contributed by atoms with Gasteiger partial charge in [0, 0.05) is 5.56 Å². The molecule has 2 nitrogen and oxygen atoms in total. The maximum absolute atomic E-state index is 13.1. The van der Waals surface area contributed by atoms with Gasteiger partial charge in [-0.25, -0.2) is 0 Å². The van der Waals surface area contributed by atoms with Crippen molar-refractivity contribution in [2.24, 2.45) is 0 Å². The predicted molar refractivity (Wildman–Crippen MR) is 141 cm³/mol. The van der Waals surface area contributed by atoms with E-state index in [4.69, 9.17) is 4.74 Å². The molecule has 0 aromatic heterocycles. The Balaban J connectivity index is 1.69. The monoisotopic (exact) mass is 452 g/mol. The van der Waals surface area contributed by atoms with E-state index in [0.717, 1.165) is 34.4 Å². The van der Waals surface area contributed by atoms with Crippen LogP contribution in [0, 0.1) is 0 Å². The zero-order valence-corrected chi connectivity index (χ0v) is 20.7. The molecule has 0 fully saturated rings. The molecule has 4 rings (SSSR count). The van der Waals surface area contributed by atoms with Gasteiger partial charge in [-0.3, -0.25) is 4.79 Å². The van der Waals surface area contributed by atoms with Crippen molar-refractivity contribution >= 4 is 11.9 Å². The minimum Gasteiger partial charge on any atom is -0.489 e. The molecule has 0 saturated heterocycles. The van der Waals surface area contributed by atoms with Crippen LogP contribution in [-0.2, 0) is 16.8 Å². The number of ether oxygens (including phenoxy) is 1. The number of carbonyl (C=O) groups is 1. The summed E-state index contributed by atoms with van der Waals surface area (Å²) in [5, 5.41) is 0. The number of ketones is 1. The first-order valence-electron chi connectivity index (χ1n) is 12.6. The first kappa shape index (κ1) is 24.0. The fourth-order valence-corrected chi connectivity index (χ4v) is 4.86. The van der Waals surface area contributed by atoms with Crippen LogP contribution >= 0.6 is 0 Å². The minimum atomic E-state index is -0.339. The zero-order valence-electron chi connectivity index (χ0n) is 20.7. The molecule has 176 valence electrons. The molecule has 1 aliphatic carbocycles. The van der Waals surface area contributed by atoms with E-state index in [9.17, 15) is 4.79 Å². The van der Waals surface area contributed by atoms with Crippen molar-refractivity contribution in [3.05, 3.63) is 107 Å². The number of allylic oxidation sites excluding steroid dienone is 1. The highest BCUT2D eigenvalue weighted by Gasteiger charge is 2.30. The van der Waals surface area contributed by atoms with Crippen molar-refractivity contribution in [1.29, 1.82) is 0 Å². The standard InChI is InChI=1S/C32H36O2/c1-4-5-6-12-21-32(2,3)26-18-19-28(30(22-26)34-23-24-13-8-7-9-14-24)31-27-16-11-10-15-25(27)17-20-29(31)33/h7-11,13-20,22,31H,4-6,12,21,23H2,1-3H3. The highest BCUT2D eigenvalue weighted by Crippen LogP contribution is 2.40. The second-order valence-corrected chi connectivity index (χ2v) is 10.0. The summed E-state index contributed by atoms with van der Waals surface area (Å²) < 4.78 is 6.44. The molecule has 2 heteroatoms. The van der Waals surface area contributed by atoms with Gasteiger partial charge in [-0.1, -0.05) is 119 Å². The van der Waals surface area contributed by atoms with Gasteiger partial charge in [0.15, 0.2) is 5.78 Å². The molecular formula is C32H36O2. The summed E-state index contributed by atoms with van der Waals surface area (Å²) in [7, 11) is 0. The largest absolute Gasteiger partial charge is 0.489 e. The van der Waals surface area contributed by atoms with Crippen molar-refractivity contribution in [1.82, 2.24) is 0 Å². The molecule has 0 amide bonds. The quantitative estimate of drug-likeness (QED) is 0.290. The van der Waals surface area contributed by atoms with Gasteiger partial charge >= 0.3 is 0 Å². The smallest absolute Gasteiger partial charge is 0.167 e. The average Bonchev–Trinajstić information content (AvgIpc) is 2.86. The van der Waals surface area contributed by atoms with Gasteiger partial charge in [0.1, 0.15) is 12.4 Å². The number of unbranched alkanes of at least 4 members (excludes halogenated alkanes) is 3. The molecular weight excluding hydrogens is 416 g/mol. The van der Waals surface area contributed by atoms with Crippen LogP contribution in [0.15, 0.2) is 78.9 Å². The maximum atomic E-state index is 13.1. The van der Waals surface area contributed by atoms with Gasteiger partial charge < -0.3 is 4.74 Å². The summed E-state index contributed by atoms with van der Waals surface area (Å²) in [6, 6.07) is 24.9. The van der Waals surface area contributed by atoms with E-state index in [1.807, 2.05) is 36.4 Å². The molecule has 0 spiro atoms. The summed E-state index contributed by atoms with van der Waals surface area (Å²) in [4.78, 5) is 13.1. The highest BCUT2D eigenvalue weighted by molar-refractivity contribution is 6.04. The van der Waals surface area contributed by atoms with Crippen molar-refractivity contribution in [2.75, 3.05) is 0 Å². The summed E-state index contributed by atoms with van der Waals surface area (Å²) in [5.41, 5.74) is 5.53. The maximum Gasteiger partial charge on any atom is 0.167 e. The van der Waals surface area contributed by atoms with E-state index in [-0.39, 0.29) is 17.1 Å². The Hall–Kier alpha value is -3.13. The lowest BCUT2D eigenvalue weighted by atomic mass is 9.77. The number of fused-ring (bicyclic) bond motifs is 1. The van der Waals surface area contributed by atoms with Crippen molar-refractivity contribution in [3.8, 4) is 5.75 Å². The topological polar surface area (TPSA) is 26.3 Å². The van der Waals surface area contributed by atoms with Gasteiger partial charge in [-0.15, -0.1) is 0 Å². The molecule has 3 aromatic carbocycles. The number of hydrogen-bond acceptors (Lipinski definition) is 2. The molecule has 3 aromatic rings. The van der Waals surface area contributed by atoms with E-state index in [1.54, 1.807) is 6.08 Å². The Morgan fingerprint density at radius 1 is 0.824 bits per heavy atom. The summed E-state index contributed by atoms with van der Waals surface area (Å²) in [6.07, 6.45) is 9.80. The van der Waals surface area contributed by atoms with Crippen LogP contribution in [0.4, 0.5) is 0 Å². The Bertz CT molecular complexity index is 1140. The van der Waals surface area contributed by atoms with E-state index in [0.29, 0.717) is 6.61 Å². The number of hydrogen-bond donors (Lipinski definition) is 0. The lowest BCUT2D eigenvalue weighted by Crippen LogP contribution is -2.20. The SMILES string of the molecule is CCCCCCC(C)(C)c1ccc(C2C(=O)C=Cc3ccccc32)c(OCc2ccccc2)c1. The number of carbonyl (C=O) groups excluding carboxylic acids is 1. The molecule has 0 saturated carbocycles. The van der Waals surface area contributed by atoms with Crippen LogP contribution in [0.5, 0.6) is 5.75 Å². The fourth-order valence-electron chi connectivity index (χ4n) is 4.86. The molecule has 0 aliphatic heterocycles. The first-order chi connectivity index (χ1) is 16.5. The van der Waals surface area contributed by atoms with Crippen LogP contribution in [0.3, 0.4) is 0 Å². The Morgan fingerprint density at radius 3 is 2.38 bits per heavy atom. The van der Waals surface area contributed by atoms with E-state index in [1.165, 1.54) is 31.2 Å². The Morgan fingerprint density at radius 2 is 1.59 bits per heavy atom. The first-order valence-corrected chi connectivity index (χ1v) is 12.6. The fraction of sp³-hybridized carbons (Fsp3) is 0.344. The lowest BCUT2D eigenvalue weighted by Gasteiger charge is -2.28. The van der Waals surface area contributed by atoms with Crippen LogP contribution in [0.1, 0.15) is 86.6 Å². The summed E-state index contributed by atoms with van der Waals surface area (Å²) >= 11 is 0. The molecule has 34 heavy (non-hydrogen) atoms. The van der Waals surface area contributed by atoms with Gasteiger partial charge in [0.2, 0.25) is 0 Å².